The van der Waals surface area contributed by atoms with Crippen molar-refractivity contribution in [1.29, 1.82) is 0 Å². The molecule has 2 aromatic rings. The number of hydrogen-bond donors (Lipinski definition) is 0. The fourth-order valence-electron chi connectivity index (χ4n) is 4.60. The first-order valence-corrected chi connectivity index (χ1v) is 16.7. The molecule has 6 nitrogen and oxygen atoms in total. The standard InChI is InChI=1S/C39H52O6/c1-2-3-4-5-6-7-8-9-10-11-12-13-14-15-22-27-37(40)43-32-36(45-39(42)31-29-35-25-20-17-21-26-35)33-44-38(41)30-28-34-23-18-16-19-24-34/h9-10,16-21,23-26,28-31,36H,2-8,11-15,22,27,32-33H2,1H3/b10-9-,30-28+,31-29-. The van der Waals surface area contributed by atoms with E-state index in [0.717, 1.165) is 43.2 Å². The van der Waals surface area contributed by atoms with Gasteiger partial charge in [0.1, 0.15) is 13.2 Å². The molecular formula is C39H52O6. The molecule has 0 radical (unpaired) electrons. The van der Waals surface area contributed by atoms with Gasteiger partial charge in [-0.25, -0.2) is 9.59 Å². The lowest BCUT2D eigenvalue weighted by molar-refractivity contribution is -0.162. The fourth-order valence-corrected chi connectivity index (χ4v) is 4.60. The van der Waals surface area contributed by atoms with Gasteiger partial charge in [0.05, 0.1) is 0 Å². The predicted molar refractivity (Wildman–Crippen MR) is 182 cm³/mol. The van der Waals surface area contributed by atoms with E-state index in [0.29, 0.717) is 6.42 Å². The van der Waals surface area contributed by atoms with Crippen LogP contribution in [0.3, 0.4) is 0 Å². The van der Waals surface area contributed by atoms with E-state index in [4.69, 9.17) is 14.2 Å². The number of unbranched alkanes of at least 4 members (excludes halogenated alkanes) is 11. The van der Waals surface area contributed by atoms with Gasteiger partial charge >= 0.3 is 17.9 Å². The molecule has 0 bridgehead atoms. The van der Waals surface area contributed by atoms with Crippen LogP contribution in [0, 0.1) is 0 Å². The molecule has 0 aromatic heterocycles. The highest BCUT2D eigenvalue weighted by Gasteiger charge is 2.18. The minimum absolute atomic E-state index is 0.190. The second-order valence-corrected chi connectivity index (χ2v) is 11.2. The molecule has 2 rings (SSSR count). The van der Waals surface area contributed by atoms with Crippen molar-refractivity contribution in [3.8, 4) is 0 Å². The van der Waals surface area contributed by atoms with Crippen molar-refractivity contribution in [1.82, 2.24) is 0 Å². The normalized spacial score (nSPS) is 12.1. The number of allylic oxidation sites excluding steroid dienone is 2. The molecule has 0 saturated heterocycles. The Morgan fingerprint density at radius 1 is 0.600 bits per heavy atom. The molecule has 2 aromatic carbocycles. The Kier molecular flexibility index (Phi) is 21.0. The molecule has 0 amide bonds. The first kappa shape index (κ1) is 37.3. The van der Waals surface area contributed by atoms with E-state index in [-0.39, 0.29) is 19.2 Å². The Morgan fingerprint density at radius 3 is 1.67 bits per heavy atom. The molecule has 0 heterocycles. The van der Waals surface area contributed by atoms with Crippen LogP contribution < -0.4 is 0 Å². The summed E-state index contributed by atoms with van der Waals surface area (Å²) in [6.07, 6.45) is 25.3. The van der Waals surface area contributed by atoms with E-state index in [2.05, 4.69) is 19.1 Å². The number of carbonyl (C=O) groups excluding carboxylic acids is 3. The first-order valence-electron chi connectivity index (χ1n) is 16.7. The molecule has 0 aliphatic carbocycles. The summed E-state index contributed by atoms with van der Waals surface area (Å²) >= 11 is 0. The maximum Gasteiger partial charge on any atom is 0.331 e. The Hall–Kier alpha value is -3.93. The van der Waals surface area contributed by atoms with E-state index in [1.54, 1.807) is 12.2 Å². The summed E-state index contributed by atoms with van der Waals surface area (Å²) < 4.78 is 16.1. The number of rotatable bonds is 24. The van der Waals surface area contributed by atoms with Crippen molar-refractivity contribution in [2.45, 2.75) is 103 Å². The Morgan fingerprint density at radius 2 is 1.09 bits per heavy atom. The Balaban J connectivity index is 1.66. The molecule has 244 valence electrons. The lowest BCUT2D eigenvalue weighted by Gasteiger charge is -2.17. The van der Waals surface area contributed by atoms with Crippen LogP contribution in [0.4, 0.5) is 0 Å². The summed E-state index contributed by atoms with van der Waals surface area (Å²) in [6, 6.07) is 18.7. The lowest BCUT2D eigenvalue weighted by Crippen LogP contribution is -2.30. The number of benzene rings is 2. The van der Waals surface area contributed by atoms with Crippen molar-refractivity contribution in [2.75, 3.05) is 13.2 Å². The van der Waals surface area contributed by atoms with Gasteiger partial charge in [-0.1, -0.05) is 131 Å². The third-order valence-electron chi connectivity index (χ3n) is 7.19. The van der Waals surface area contributed by atoms with Crippen molar-refractivity contribution < 1.29 is 28.6 Å². The summed E-state index contributed by atoms with van der Waals surface area (Å²) in [7, 11) is 0. The second kappa shape index (κ2) is 25.4. The lowest BCUT2D eigenvalue weighted by atomic mass is 10.1. The van der Waals surface area contributed by atoms with E-state index in [9.17, 15) is 14.4 Å². The van der Waals surface area contributed by atoms with Crippen molar-refractivity contribution >= 4 is 30.1 Å². The molecule has 1 atom stereocenters. The summed E-state index contributed by atoms with van der Waals surface area (Å²) in [6.45, 7) is 1.83. The van der Waals surface area contributed by atoms with Gasteiger partial charge in [-0.2, -0.15) is 0 Å². The van der Waals surface area contributed by atoms with Crippen LogP contribution in [0.1, 0.15) is 108 Å². The van der Waals surface area contributed by atoms with Gasteiger partial charge in [0.15, 0.2) is 6.10 Å². The minimum Gasteiger partial charge on any atom is -0.462 e. The van der Waals surface area contributed by atoms with Crippen LogP contribution in [0.5, 0.6) is 0 Å². The molecule has 0 N–H and O–H groups in total. The van der Waals surface area contributed by atoms with Crippen molar-refractivity contribution in [2.24, 2.45) is 0 Å². The van der Waals surface area contributed by atoms with Crippen LogP contribution in [0.25, 0.3) is 12.2 Å². The molecule has 45 heavy (non-hydrogen) atoms. The van der Waals surface area contributed by atoms with E-state index >= 15 is 0 Å². The van der Waals surface area contributed by atoms with E-state index < -0.39 is 18.0 Å². The van der Waals surface area contributed by atoms with Gasteiger partial charge in [0.2, 0.25) is 0 Å². The van der Waals surface area contributed by atoms with Gasteiger partial charge in [0.25, 0.3) is 0 Å². The van der Waals surface area contributed by atoms with Crippen molar-refractivity contribution in [3.63, 3.8) is 0 Å². The van der Waals surface area contributed by atoms with Gasteiger partial charge in [0, 0.05) is 18.6 Å². The first-order chi connectivity index (χ1) is 22.1. The molecule has 1 unspecified atom stereocenters. The quantitative estimate of drug-likeness (QED) is 0.0384. The number of carbonyl (C=O) groups is 3. The van der Waals surface area contributed by atoms with E-state index in [1.807, 2.05) is 60.7 Å². The summed E-state index contributed by atoms with van der Waals surface area (Å²) in [5.74, 6) is -1.56. The van der Waals surface area contributed by atoms with Gasteiger partial charge < -0.3 is 14.2 Å². The molecule has 0 spiro atoms. The van der Waals surface area contributed by atoms with Crippen LogP contribution in [-0.2, 0) is 28.6 Å². The molecular weight excluding hydrogens is 564 g/mol. The zero-order valence-electron chi connectivity index (χ0n) is 27.1. The molecule has 0 aliphatic heterocycles. The monoisotopic (exact) mass is 616 g/mol. The zero-order chi connectivity index (χ0) is 32.2. The zero-order valence-corrected chi connectivity index (χ0v) is 27.1. The van der Waals surface area contributed by atoms with E-state index in [1.165, 1.54) is 63.5 Å². The number of hydrogen-bond acceptors (Lipinski definition) is 6. The maximum absolute atomic E-state index is 12.4. The Bertz CT molecular complexity index is 1150. The summed E-state index contributed by atoms with van der Waals surface area (Å²) in [5, 5.41) is 0. The highest BCUT2D eigenvalue weighted by molar-refractivity contribution is 5.88. The minimum atomic E-state index is -0.926. The third-order valence-corrected chi connectivity index (χ3v) is 7.19. The summed E-state index contributed by atoms with van der Waals surface area (Å²) in [5.41, 5.74) is 1.70. The molecule has 0 saturated carbocycles. The average Bonchev–Trinajstić information content (AvgIpc) is 3.06. The van der Waals surface area contributed by atoms with Crippen LogP contribution in [-0.4, -0.2) is 37.2 Å². The van der Waals surface area contributed by atoms with Gasteiger partial charge in [-0.3, -0.25) is 4.79 Å². The SMILES string of the molecule is CCCCCCCC/C=C\CCCCCCCC(=O)OCC(COC(=O)/C=C/c1ccccc1)OC(=O)/C=C\c1ccccc1. The van der Waals surface area contributed by atoms with Gasteiger partial charge in [-0.15, -0.1) is 0 Å². The third kappa shape index (κ3) is 20.6. The maximum atomic E-state index is 12.4. The summed E-state index contributed by atoms with van der Waals surface area (Å²) in [4.78, 5) is 37.1. The Labute approximate surface area is 270 Å². The highest BCUT2D eigenvalue weighted by atomic mass is 16.6. The molecule has 0 aliphatic rings. The molecule has 0 fully saturated rings. The molecule has 6 heteroatoms. The van der Waals surface area contributed by atoms with Gasteiger partial charge in [-0.05, 0) is 55.4 Å². The largest absolute Gasteiger partial charge is 0.462 e. The van der Waals surface area contributed by atoms with Crippen LogP contribution in [0.2, 0.25) is 0 Å². The fraction of sp³-hybridized carbons (Fsp3) is 0.462. The average molecular weight is 617 g/mol. The smallest absolute Gasteiger partial charge is 0.331 e. The second-order valence-electron chi connectivity index (χ2n) is 11.2. The van der Waals surface area contributed by atoms with Crippen LogP contribution >= 0.6 is 0 Å². The number of ether oxygens (including phenoxy) is 3. The topological polar surface area (TPSA) is 78.9 Å². The predicted octanol–water partition coefficient (Wildman–Crippen LogP) is 9.45. The highest BCUT2D eigenvalue weighted by Crippen LogP contribution is 2.11. The van der Waals surface area contributed by atoms with Crippen LogP contribution in [0.15, 0.2) is 85.0 Å². The van der Waals surface area contributed by atoms with Crippen molar-refractivity contribution in [3.05, 3.63) is 96.1 Å². The number of esters is 3.